The predicted molar refractivity (Wildman–Crippen MR) is 111 cm³/mol. The quantitative estimate of drug-likeness (QED) is 0.572. The monoisotopic (exact) mass is 416 g/mol. The molecule has 29 heavy (non-hydrogen) atoms. The number of halogens is 2. The lowest BCUT2D eigenvalue weighted by molar-refractivity contribution is -0.109. The first-order chi connectivity index (χ1) is 13.9. The Labute approximate surface area is 173 Å². The molecule has 0 aliphatic heterocycles. The first kappa shape index (κ1) is 20.9. The number of ether oxygens (including phenoxy) is 1. The van der Waals surface area contributed by atoms with E-state index >= 15 is 4.39 Å². The number of carbonyl (C=O) groups is 2. The maximum Gasteiger partial charge on any atom is 0.262 e. The molecule has 3 rings (SSSR count). The van der Waals surface area contributed by atoms with Crippen molar-refractivity contribution in [2.45, 2.75) is 19.8 Å². The molecule has 0 fully saturated rings. The van der Waals surface area contributed by atoms with Gasteiger partial charge in [-0.1, -0.05) is 25.4 Å². The molecule has 0 bridgehead atoms. The summed E-state index contributed by atoms with van der Waals surface area (Å²) in [5.41, 5.74) is 1.34. The van der Waals surface area contributed by atoms with Crippen LogP contribution in [-0.4, -0.2) is 30.5 Å². The molecule has 1 amide bonds. The summed E-state index contributed by atoms with van der Waals surface area (Å²) in [5.74, 6) is -0.541. The molecular formula is C22H22ClFN2O3. The molecule has 0 spiro atoms. The maximum atomic E-state index is 15.0. The Bertz CT molecular complexity index is 1040. The summed E-state index contributed by atoms with van der Waals surface area (Å²) in [6, 6.07) is 9.41. The lowest BCUT2D eigenvalue weighted by atomic mass is 9.88. The molecule has 152 valence electrons. The number of fused-ring (bicyclic) bond motifs is 1. The lowest BCUT2D eigenvalue weighted by Crippen LogP contribution is -2.23. The summed E-state index contributed by atoms with van der Waals surface area (Å²) in [7, 11) is 1.46. The fraction of sp³-hybridized carbons (Fsp3) is 0.273. The average Bonchev–Trinajstić information content (AvgIpc) is 3.08. The molecule has 7 heteroatoms. The Kier molecular flexibility index (Phi) is 6.23. The average molecular weight is 417 g/mol. The number of hydrogen-bond acceptors (Lipinski definition) is 3. The summed E-state index contributed by atoms with van der Waals surface area (Å²) in [6.45, 7) is 4.39. The smallest absolute Gasteiger partial charge is 0.262 e. The summed E-state index contributed by atoms with van der Waals surface area (Å²) in [6.07, 6.45) is 2.29. The number of nitrogens with zero attached hydrogens (tertiary/aromatic N) is 1. The van der Waals surface area contributed by atoms with Crippen LogP contribution < -0.4 is 10.1 Å². The number of benzene rings is 2. The zero-order valence-electron chi connectivity index (χ0n) is 16.4. The highest BCUT2D eigenvalue weighted by Crippen LogP contribution is 2.36. The Balaban J connectivity index is 2.23. The second kappa shape index (κ2) is 8.66. The molecule has 1 heterocycles. The number of nitrogens with one attached hydrogen (secondary N) is 1. The van der Waals surface area contributed by atoms with Gasteiger partial charge in [-0.05, 0) is 41.8 Å². The van der Waals surface area contributed by atoms with Gasteiger partial charge in [0.2, 0.25) is 6.41 Å². The van der Waals surface area contributed by atoms with Gasteiger partial charge in [-0.2, -0.15) is 0 Å². The predicted octanol–water partition coefficient (Wildman–Crippen LogP) is 4.62. The molecule has 0 aliphatic rings. The number of hydrogen-bond donors (Lipinski definition) is 1. The third-order valence-corrected chi connectivity index (χ3v) is 5.28. The zero-order chi connectivity index (χ0) is 21.1. The van der Waals surface area contributed by atoms with Crippen LogP contribution in [0, 0.1) is 11.7 Å². The fourth-order valence-corrected chi connectivity index (χ4v) is 3.62. The number of aromatic nitrogens is 1. The van der Waals surface area contributed by atoms with E-state index in [0.717, 1.165) is 5.56 Å². The molecule has 0 saturated heterocycles. The van der Waals surface area contributed by atoms with E-state index in [0.29, 0.717) is 34.7 Å². The maximum absolute atomic E-state index is 15.0. The molecule has 0 radical (unpaired) electrons. The Morgan fingerprint density at radius 1 is 1.28 bits per heavy atom. The van der Waals surface area contributed by atoms with Gasteiger partial charge in [-0.25, -0.2) is 4.39 Å². The Morgan fingerprint density at radius 3 is 2.55 bits per heavy atom. The van der Waals surface area contributed by atoms with Crippen LogP contribution in [0.4, 0.5) is 4.39 Å². The van der Waals surface area contributed by atoms with Gasteiger partial charge >= 0.3 is 0 Å². The Hall–Kier alpha value is -2.86. The fourth-order valence-electron chi connectivity index (χ4n) is 3.50. The van der Waals surface area contributed by atoms with Crippen molar-refractivity contribution in [2.75, 3.05) is 13.7 Å². The number of rotatable bonds is 7. The van der Waals surface area contributed by atoms with E-state index in [2.05, 4.69) is 5.32 Å². The van der Waals surface area contributed by atoms with Crippen molar-refractivity contribution in [1.29, 1.82) is 0 Å². The minimum Gasteiger partial charge on any atom is -0.497 e. The highest BCUT2D eigenvalue weighted by Gasteiger charge is 2.25. The topological polar surface area (TPSA) is 60.3 Å². The normalized spacial score (nSPS) is 12.2. The van der Waals surface area contributed by atoms with Crippen LogP contribution in [0.2, 0.25) is 5.02 Å². The van der Waals surface area contributed by atoms with Gasteiger partial charge < -0.3 is 10.1 Å². The lowest BCUT2D eigenvalue weighted by Gasteiger charge is -2.20. The van der Waals surface area contributed by atoms with Gasteiger partial charge in [-0.3, -0.25) is 14.2 Å². The van der Waals surface area contributed by atoms with Gasteiger partial charge in [0.15, 0.2) is 5.82 Å². The number of carbonyl (C=O) groups excluding carboxylic acids is 2. The standard InChI is InChI=1S/C22H22ClFN2O3/c1-13(2)18(10-25-12-27)19-11-26(22(28)14-4-6-15(23)7-5-14)21-17(19)8-16(29-3)9-20(21)24/h4-9,11-13,18H,10H2,1-3H3,(H,25,27). The molecule has 1 aromatic heterocycles. The van der Waals surface area contributed by atoms with E-state index in [1.54, 1.807) is 36.5 Å². The van der Waals surface area contributed by atoms with Crippen molar-refractivity contribution in [3.8, 4) is 5.75 Å². The van der Waals surface area contributed by atoms with Gasteiger partial charge in [-0.15, -0.1) is 0 Å². The summed E-state index contributed by atoms with van der Waals surface area (Å²) >= 11 is 5.92. The first-order valence-electron chi connectivity index (χ1n) is 9.23. The molecule has 1 atom stereocenters. The minimum absolute atomic E-state index is 0.117. The van der Waals surface area contributed by atoms with Crippen molar-refractivity contribution >= 4 is 34.8 Å². The van der Waals surface area contributed by atoms with Crippen molar-refractivity contribution < 1.29 is 18.7 Å². The Morgan fingerprint density at radius 2 is 1.97 bits per heavy atom. The van der Waals surface area contributed by atoms with Crippen molar-refractivity contribution in [3.05, 3.63) is 64.6 Å². The molecule has 5 nitrogen and oxygen atoms in total. The number of methoxy groups -OCH3 is 1. The molecule has 0 aliphatic carbocycles. The third-order valence-electron chi connectivity index (χ3n) is 5.03. The van der Waals surface area contributed by atoms with E-state index in [1.165, 1.54) is 17.7 Å². The summed E-state index contributed by atoms with van der Waals surface area (Å²) in [4.78, 5) is 24.0. The largest absolute Gasteiger partial charge is 0.497 e. The number of amides is 1. The minimum atomic E-state index is -0.557. The van der Waals surface area contributed by atoms with Gasteiger partial charge in [0.1, 0.15) is 5.75 Å². The zero-order valence-corrected chi connectivity index (χ0v) is 17.2. The van der Waals surface area contributed by atoms with Crippen LogP contribution in [0.5, 0.6) is 5.75 Å². The van der Waals surface area contributed by atoms with E-state index < -0.39 is 5.82 Å². The molecule has 0 saturated carbocycles. The SMILES string of the molecule is COc1cc(F)c2c(c1)c(C(CNC=O)C(C)C)cn2C(=O)c1ccc(Cl)cc1. The summed E-state index contributed by atoms with van der Waals surface area (Å²) < 4.78 is 21.6. The summed E-state index contributed by atoms with van der Waals surface area (Å²) in [5, 5.41) is 3.79. The second-order valence-corrected chi connectivity index (χ2v) is 7.58. The third kappa shape index (κ3) is 4.12. The van der Waals surface area contributed by atoms with Crippen molar-refractivity contribution in [3.63, 3.8) is 0 Å². The van der Waals surface area contributed by atoms with Crippen LogP contribution in [0.25, 0.3) is 10.9 Å². The molecule has 2 aromatic carbocycles. The molecular weight excluding hydrogens is 395 g/mol. The van der Waals surface area contributed by atoms with Crippen molar-refractivity contribution in [1.82, 2.24) is 9.88 Å². The second-order valence-electron chi connectivity index (χ2n) is 7.15. The highest BCUT2D eigenvalue weighted by molar-refractivity contribution is 6.30. The van der Waals surface area contributed by atoms with Gasteiger partial charge in [0.25, 0.3) is 5.91 Å². The van der Waals surface area contributed by atoms with Crippen LogP contribution >= 0.6 is 11.6 Å². The van der Waals surface area contributed by atoms with E-state index in [-0.39, 0.29) is 23.3 Å². The molecule has 1 unspecified atom stereocenters. The van der Waals surface area contributed by atoms with E-state index in [4.69, 9.17) is 16.3 Å². The van der Waals surface area contributed by atoms with Crippen LogP contribution in [-0.2, 0) is 4.79 Å². The molecule has 3 aromatic rings. The van der Waals surface area contributed by atoms with Crippen LogP contribution in [0.3, 0.4) is 0 Å². The van der Waals surface area contributed by atoms with E-state index in [1.807, 2.05) is 13.8 Å². The van der Waals surface area contributed by atoms with Crippen LogP contribution in [0.1, 0.15) is 35.7 Å². The van der Waals surface area contributed by atoms with Crippen LogP contribution in [0.15, 0.2) is 42.6 Å². The van der Waals surface area contributed by atoms with Gasteiger partial charge in [0.05, 0.1) is 12.6 Å². The van der Waals surface area contributed by atoms with E-state index in [9.17, 15) is 9.59 Å². The molecule has 1 N–H and O–H groups in total. The van der Waals surface area contributed by atoms with Crippen molar-refractivity contribution in [2.24, 2.45) is 5.92 Å². The highest BCUT2D eigenvalue weighted by atomic mass is 35.5. The van der Waals surface area contributed by atoms with Gasteiger partial charge in [0, 0.05) is 40.7 Å². The first-order valence-corrected chi connectivity index (χ1v) is 9.61.